The molecule has 0 radical (unpaired) electrons. The Morgan fingerprint density at radius 3 is 2.67 bits per heavy atom. The number of aromatic nitrogens is 4. The number of benzene rings is 2. The van der Waals surface area contributed by atoms with E-state index in [4.69, 9.17) is 4.74 Å². The zero-order valence-corrected chi connectivity index (χ0v) is 13.7. The van der Waals surface area contributed by atoms with Gasteiger partial charge in [0.2, 0.25) is 11.6 Å². The molecule has 0 N–H and O–H groups in total. The van der Waals surface area contributed by atoms with Crippen molar-refractivity contribution in [1.82, 2.24) is 19.6 Å². The molecule has 0 aliphatic heterocycles. The number of nitro benzene ring substituents is 1. The highest BCUT2D eigenvalue weighted by Crippen LogP contribution is 2.33. The van der Waals surface area contributed by atoms with Crippen molar-refractivity contribution in [2.75, 3.05) is 0 Å². The first-order valence-corrected chi connectivity index (χ1v) is 7.83. The molecule has 4 aromatic rings. The molecule has 0 amide bonds. The molecule has 132 valence electrons. The summed E-state index contributed by atoms with van der Waals surface area (Å²) in [5, 5.41) is 15.3. The van der Waals surface area contributed by atoms with Crippen LogP contribution in [0.25, 0.3) is 17.0 Å². The molecule has 0 fully saturated rings. The van der Waals surface area contributed by atoms with E-state index in [1.165, 1.54) is 29.0 Å². The number of fused-ring (bicyclic) bond motifs is 1. The van der Waals surface area contributed by atoms with Crippen molar-refractivity contribution in [2.45, 2.75) is 0 Å². The monoisotopic (exact) mass is 361 g/mol. The molecule has 0 saturated heterocycles. The maximum Gasteiger partial charge on any atom is 0.311 e. The van der Waals surface area contributed by atoms with E-state index in [1.807, 2.05) is 30.3 Å². The molecular formula is C18H11N5O4. The Morgan fingerprint density at radius 1 is 1.11 bits per heavy atom. The first-order valence-electron chi connectivity index (χ1n) is 7.83. The third-order valence-corrected chi connectivity index (χ3v) is 3.82. The molecule has 2 aromatic heterocycles. The molecule has 0 saturated carbocycles. The average molecular weight is 361 g/mol. The van der Waals surface area contributed by atoms with E-state index in [1.54, 1.807) is 6.07 Å². The Bertz CT molecular complexity index is 1160. The molecule has 0 spiro atoms. The minimum absolute atomic E-state index is 0.0772. The fourth-order valence-corrected chi connectivity index (χ4v) is 2.56. The van der Waals surface area contributed by atoms with Crippen LogP contribution in [0.3, 0.4) is 0 Å². The number of rotatable bonds is 5. The van der Waals surface area contributed by atoms with E-state index in [0.29, 0.717) is 12.0 Å². The lowest BCUT2D eigenvalue weighted by Crippen LogP contribution is -2.01. The molecule has 9 heteroatoms. The van der Waals surface area contributed by atoms with E-state index >= 15 is 0 Å². The van der Waals surface area contributed by atoms with Crippen LogP contribution in [0.1, 0.15) is 10.4 Å². The molecule has 9 nitrogen and oxygen atoms in total. The SMILES string of the molecule is O=Cc1ccc([N+](=O)[O-])c(Oc2cc(-c3ccccc3)nc3ncnn23)c1. The Balaban J connectivity index is 1.86. The van der Waals surface area contributed by atoms with Crippen molar-refractivity contribution in [1.29, 1.82) is 0 Å². The van der Waals surface area contributed by atoms with Crippen molar-refractivity contribution in [2.24, 2.45) is 0 Å². The van der Waals surface area contributed by atoms with Gasteiger partial charge in [-0.3, -0.25) is 14.9 Å². The van der Waals surface area contributed by atoms with Crippen LogP contribution in [0.15, 0.2) is 60.9 Å². The Morgan fingerprint density at radius 2 is 1.93 bits per heavy atom. The van der Waals surface area contributed by atoms with Crippen LogP contribution < -0.4 is 4.74 Å². The number of carbonyl (C=O) groups excluding carboxylic acids is 1. The average Bonchev–Trinajstić information content (AvgIpc) is 3.17. The van der Waals surface area contributed by atoms with E-state index in [9.17, 15) is 14.9 Å². The van der Waals surface area contributed by atoms with Crippen LogP contribution in [0.4, 0.5) is 5.69 Å². The summed E-state index contributed by atoms with van der Waals surface area (Å²) >= 11 is 0. The van der Waals surface area contributed by atoms with E-state index in [0.717, 1.165) is 5.56 Å². The third kappa shape index (κ3) is 3.09. The van der Waals surface area contributed by atoms with Gasteiger partial charge in [-0.2, -0.15) is 14.6 Å². The first kappa shape index (κ1) is 16.3. The zero-order valence-electron chi connectivity index (χ0n) is 13.7. The lowest BCUT2D eigenvalue weighted by molar-refractivity contribution is -0.385. The van der Waals surface area contributed by atoms with Crippen LogP contribution in [0.2, 0.25) is 0 Å². The summed E-state index contributed by atoms with van der Waals surface area (Å²) in [7, 11) is 0. The fraction of sp³-hybridized carbons (Fsp3) is 0. The lowest BCUT2D eigenvalue weighted by Gasteiger charge is -2.10. The van der Waals surface area contributed by atoms with Gasteiger partial charge in [0.15, 0.2) is 0 Å². The Hall–Kier alpha value is -4.14. The van der Waals surface area contributed by atoms with Gasteiger partial charge in [0, 0.05) is 23.3 Å². The molecule has 0 bridgehead atoms. The number of hydrogen-bond acceptors (Lipinski definition) is 7. The molecule has 2 heterocycles. The summed E-state index contributed by atoms with van der Waals surface area (Å²) in [5.41, 5.74) is 1.37. The van der Waals surface area contributed by atoms with Crippen LogP contribution in [0.5, 0.6) is 11.6 Å². The minimum Gasteiger partial charge on any atom is -0.432 e. The summed E-state index contributed by atoms with van der Waals surface area (Å²) in [5.74, 6) is 0.384. The van der Waals surface area contributed by atoms with E-state index in [-0.39, 0.29) is 28.7 Å². The van der Waals surface area contributed by atoms with Gasteiger partial charge >= 0.3 is 5.69 Å². The van der Waals surface area contributed by atoms with Gasteiger partial charge in [-0.1, -0.05) is 30.3 Å². The van der Waals surface area contributed by atoms with E-state index < -0.39 is 4.92 Å². The number of nitro groups is 1. The first-order chi connectivity index (χ1) is 13.2. The normalized spacial score (nSPS) is 10.7. The van der Waals surface area contributed by atoms with Crippen molar-refractivity contribution in [3.05, 3.63) is 76.6 Å². The van der Waals surface area contributed by atoms with Gasteiger partial charge in [-0.05, 0) is 12.1 Å². The molecule has 2 aromatic carbocycles. The second-order valence-electron chi connectivity index (χ2n) is 5.52. The molecular weight excluding hydrogens is 350 g/mol. The zero-order chi connectivity index (χ0) is 18.8. The van der Waals surface area contributed by atoms with Crippen LogP contribution in [-0.2, 0) is 0 Å². The largest absolute Gasteiger partial charge is 0.432 e. The molecule has 0 aliphatic carbocycles. The molecule has 0 unspecified atom stereocenters. The minimum atomic E-state index is -0.582. The summed E-state index contributed by atoms with van der Waals surface area (Å²) in [6.07, 6.45) is 1.89. The van der Waals surface area contributed by atoms with Gasteiger partial charge in [-0.15, -0.1) is 0 Å². The van der Waals surface area contributed by atoms with Gasteiger partial charge in [-0.25, -0.2) is 4.98 Å². The molecule has 0 aliphatic rings. The smallest absolute Gasteiger partial charge is 0.311 e. The standard InChI is InChI=1S/C18H11N5O4/c24-10-12-6-7-15(23(25)26)16(8-12)27-17-9-14(13-4-2-1-3-5-13)21-18-19-11-20-22(17)18/h1-11H. The van der Waals surface area contributed by atoms with Crippen molar-refractivity contribution in [3.8, 4) is 22.9 Å². The highest BCUT2D eigenvalue weighted by molar-refractivity contribution is 5.77. The Labute approximate surface area is 152 Å². The predicted octanol–water partition coefficient (Wildman–Crippen LogP) is 3.30. The maximum absolute atomic E-state index is 11.3. The predicted molar refractivity (Wildman–Crippen MR) is 94.8 cm³/mol. The topological polar surface area (TPSA) is 113 Å². The lowest BCUT2D eigenvalue weighted by atomic mass is 10.1. The number of carbonyl (C=O) groups is 1. The Kier molecular flexibility index (Phi) is 4.01. The summed E-state index contributed by atoms with van der Waals surface area (Å²) in [4.78, 5) is 30.2. The van der Waals surface area contributed by atoms with Crippen molar-refractivity contribution in [3.63, 3.8) is 0 Å². The third-order valence-electron chi connectivity index (χ3n) is 3.82. The van der Waals surface area contributed by atoms with Crippen LogP contribution in [-0.4, -0.2) is 30.8 Å². The van der Waals surface area contributed by atoms with Crippen LogP contribution >= 0.6 is 0 Å². The van der Waals surface area contributed by atoms with Gasteiger partial charge in [0.1, 0.15) is 12.6 Å². The summed E-state index contributed by atoms with van der Waals surface area (Å²) in [6.45, 7) is 0. The fourth-order valence-electron chi connectivity index (χ4n) is 2.56. The highest BCUT2D eigenvalue weighted by atomic mass is 16.6. The number of hydrogen-bond donors (Lipinski definition) is 0. The van der Waals surface area contributed by atoms with Crippen LogP contribution in [0, 0.1) is 10.1 Å². The van der Waals surface area contributed by atoms with Gasteiger partial charge in [0.25, 0.3) is 5.78 Å². The second kappa shape index (κ2) is 6.64. The highest BCUT2D eigenvalue weighted by Gasteiger charge is 2.19. The molecule has 4 rings (SSSR count). The van der Waals surface area contributed by atoms with Gasteiger partial charge in [0.05, 0.1) is 10.6 Å². The molecule has 27 heavy (non-hydrogen) atoms. The van der Waals surface area contributed by atoms with E-state index in [2.05, 4.69) is 15.1 Å². The second-order valence-corrected chi connectivity index (χ2v) is 5.52. The quantitative estimate of drug-likeness (QED) is 0.304. The van der Waals surface area contributed by atoms with Crippen molar-refractivity contribution < 1.29 is 14.5 Å². The number of nitrogens with zero attached hydrogens (tertiary/aromatic N) is 5. The number of ether oxygens (including phenoxy) is 1. The maximum atomic E-state index is 11.3. The molecule has 0 atom stereocenters. The number of aldehydes is 1. The summed E-state index contributed by atoms with van der Waals surface area (Å²) < 4.78 is 7.09. The summed E-state index contributed by atoms with van der Waals surface area (Å²) in [6, 6.07) is 14.8. The van der Waals surface area contributed by atoms with Gasteiger partial charge < -0.3 is 4.74 Å². The van der Waals surface area contributed by atoms with Crippen molar-refractivity contribution >= 4 is 17.8 Å².